The van der Waals surface area contributed by atoms with Gasteiger partial charge in [0, 0.05) is 4.90 Å². The van der Waals surface area contributed by atoms with Crippen LogP contribution in [0.2, 0.25) is 0 Å². The first-order valence-corrected chi connectivity index (χ1v) is 6.05. The molecule has 16 heavy (non-hydrogen) atoms. The monoisotopic (exact) mass is 244 g/mol. The van der Waals surface area contributed by atoms with E-state index in [4.69, 9.17) is 0 Å². The van der Waals surface area contributed by atoms with Gasteiger partial charge in [-0.15, -0.1) is 0 Å². The normalized spacial score (nSPS) is 14.2. The minimum atomic E-state index is -2.12. The molecule has 3 nitrogen and oxygen atoms in total. The highest BCUT2D eigenvalue weighted by Crippen LogP contribution is 2.14. The zero-order valence-electron chi connectivity index (χ0n) is 9.10. The van der Waals surface area contributed by atoms with Crippen LogP contribution in [0.1, 0.15) is 12.5 Å². The van der Waals surface area contributed by atoms with Crippen LogP contribution in [0, 0.1) is 6.92 Å². The molecular weight excluding hydrogens is 231 g/mol. The number of rotatable bonds is 4. The van der Waals surface area contributed by atoms with E-state index in [1.54, 1.807) is 19.1 Å². The van der Waals surface area contributed by atoms with Gasteiger partial charge in [-0.25, -0.2) is 9.18 Å². The van der Waals surface area contributed by atoms with Gasteiger partial charge >= 0.3 is 5.97 Å². The summed E-state index contributed by atoms with van der Waals surface area (Å²) in [6.07, 6.45) is 0. The molecular formula is C11H13FO3S. The molecule has 2 atom stereocenters. The Hall–Kier alpha value is -1.23. The van der Waals surface area contributed by atoms with Crippen molar-refractivity contribution in [2.45, 2.75) is 24.2 Å². The van der Waals surface area contributed by atoms with Gasteiger partial charge in [-0.1, -0.05) is 17.7 Å². The van der Waals surface area contributed by atoms with E-state index < -0.39 is 22.3 Å². The number of alkyl halides is 1. The summed E-state index contributed by atoms with van der Waals surface area (Å²) >= 11 is 0. The molecule has 0 aliphatic carbocycles. The maximum atomic E-state index is 13.4. The highest BCUT2D eigenvalue weighted by Gasteiger charge is 2.26. The Balaban J connectivity index is 2.78. The number of halogens is 1. The van der Waals surface area contributed by atoms with Crippen molar-refractivity contribution in [2.24, 2.45) is 0 Å². The number of carbonyl (C=O) groups is 1. The number of hydrogen-bond donors (Lipinski definition) is 0. The second kappa shape index (κ2) is 5.75. The van der Waals surface area contributed by atoms with E-state index in [-0.39, 0.29) is 11.5 Å². The molecule has 0 radical (unpaired) electrons. The zero-order valence-corrected chi connectivity index (χ0v) is 9.92. The molecule has 1 aromatic rings. The van der Waals surface area contributed by atoms with Crippen molar-refractivity contribution in [3.05, 3.63) is 29.8 Å². The molecule has 0 aliphatic heterocycles. The maximum Gasteiger partial charge on any atom is 0.354 e. The number of aryl methyl sites for hydroxylation is 1. The maximum absolute atomic E-state index is 13.4. The molecule has 0 bridgehead atoms. The SMILES string of the molecule is CCOC(=O)C(F)S(=O)c1ccc(C)cc1. The van der Waals surface area contributed by atoms with Crippen LogP contribution in [0.15, 0.2) is 29.2 Å². The Bertz CT molecular complexity index is 389. The second-order valence-electron chi connectivity index (χ2n) is 3.18. The highest BCUT2D eigenvalue weighted by molar-refractivity contribution is 7.86. The van der Waals surface area contributed by atoms with Crippen LogP contribution in [0.25, 0.3) is 0 Å². The fourth-order valence-corrected chi connectivity index (χ4v) is 1.97. The van der Waals surface area contributed by atoms with E-state index in [1.165, 1.54) is 12.1 Å². The number of esters is 1. The first kappa shape index (κ1) is 12.8. The third-order valence-corrected chi connectivity index (χ3v) is 3.22. The summed E-state index contributed by atoms with van der Waals surface area (Å²) in [5, 5.41) is 0. The lowest BCUT2D eigenvalue weighted by Crippen LogP contribution is -2.23. The molecule has 88 valence electrons. The highest BCUT2D eigenvalue weighted by atomic mass is 32.2. The van der Waals surface area contributed by atoms with Crippen molar-refractivity contribution in [1.82, 2.24) is 0 Å². The lowest BCUT2D eigenvalue weighted by Gasteiger charge is -2.07. The van der Waals surface area contributed by atoms with Gasteiger partial charge in [-0.2, -0.15) is 0 Å². The first-order valence-electron chi connectivity index (χ1n) is 4.84. The molecule has 0 spiro atoms. The van der Waals surface area contributed by atoms with Crippen molar-refractivity contribution in [1.29, 1.82) is 0 Å². The summed E-state index contributed by atoms with van der Waals surface area (Å²) in [7, 11) is -2.01. The fraction of sp³-hybridized carbons (Fsp3) is 0.364. The van der Waals surface area contributed by atoms with E-state index in [0.29, 0.717) is 0 Å². The van der Waals surface area contributed by atoms with Gasteiger partial charge in [-0.05, 0) is 26.0 Å². The van der Waals surface area contributed by atoms with Gasteiger partial charge in [0.15, 0.2) is 0 Å². The van der Waals surface area contributed by atoms with Crippen LogP contribution in [-0.2, 0) is 20.3 Å². The van der Waals surface area contributed by atoms with Crippen molar-refractivity contribution in [3.8, 4) is 0 Å². The molecule has 0 aliphatic rings. The molecule has 0 amide bonds. The smallest absolute Gasteiger partial charge is 0.354 e. The first-order chi connectivity index (χ1) is 7.56. The quantitative estimate of drug-likeness (QED) is 0.760. The average molecular weight is 244 g/mol. The summed E-state index contributed by atoms with van der Waals surface area (Å²) in [5.74, 6) is -1.08. The Kier molecular flexibility index (Phi) is 4.61. The van der Waals surface area contributed by atoms with Gasteiger partial charge in [0.05, 0.1) is 17.4 Å². The summed E-state index contributed by atoms with van der Waals surface area (Å²) in [4.78, 5) is 11.3. The average Bonchev–Trinajstić information content (AvgIpc) is 2.28. The molecule has 0 aromatic heterocycles. The van der Waals surface area contributed by atoms with E-state index in [0.717, 1.165) is 5.56 Å². The fourth-order valence-electron chi connectivity index (χ4n) is 1.09. The van der Waals surface area contributed by atoms with Gasteiger partial charge in [-0.3, -0.25) is 4.21 Å². The van der Waals surface area contributed by atoms with Crippen LogP contribution >= 0.6 is 0 Å². The summed E-state index contributed by atoms with van der Waals surface area (Å²) in [5.41, 5.74) is -1.14. The molecule has 0 saturated carbocycles. The number of benzene rings is 1. The van der Waals surface area contributed by atoms with Crippen molar-refractivity contribution >= 4 is 16.8 Å². The Morgan fingerprint density at radius 2 is 2.00 bits per heavy atom. The molecule has 0 fully saturated rings. The minimum absolute atomic E-state index is 0.0738. The molecule has 1 aromatic carbocycles. The number of hydrogen-bond acceptors (Lipinski definition) is 3. The summed E-state index contributed by atoms with van der Waals surface area (Å²) in [6, 6.07) is 6.50. The lowest BCUT2D eigenvalue weighted by molar-refractivity contribution is -0.145. The van der Waals surface area contributed by atoms with Gasteiger partial charge < -0.3 is 4.74 Å². The van der Waals surface area contributed by atoms with Crippen molar-refractivity contribution in [2.75, 3.05) is 6.61 Å². The van der Waals surface area contributed by atoms with E-state index in [1.807, 2.05) is 6.92 Å². The lowest BCUT2D eigenvalue weighted by atomic mass is 10.2. The van der Waals surface area contributed by atoms with E-state index in [2.05, 4.69) is 4.74 Å². The van der Waals surface area contributed by atoms with Crippen LogP contribution in [-0.4, -0.2) is 22.3 Å². The second-order valence-corrected chi connectivity index (χ2v) is 4.66. The van der Waals surface area contributed by atoms with Crippen LogP contribution < -0.4 is 0 Å². The number of carbonyl (C=O) groups excluding carboxylic acids is 1. The van der Waals surface area contributed by atoms with Crippen molar-refractivity contribution < 1.29 is 18.1 Å². The Morgan fingerprint density at radius 3 is 2.50 bits per heavy atom. The largest absolute Gasteiger partial charge is 0.463 e. The molecule has 0 saturated heterocycles. The van der Waals surface area contributed by atoms with Crippen LogP contribution in [0.3, 0.4) is 0 Å². The minimum Gasteiger partial charge on any atom is -0.463 e. The third kappa shape index (κ3) is 3.13. The van der Waals surface area contributed by atoms with Crippen LogP contribution in [0.5, 0.6) is 0 Å². The number of ether oxygens (including phenoxy) is 1. The standard InChI is InChI=1S/C11H13FO3S/c1-3-15-11(13)10(12)16(14)9-6-4-8(2)5-7-9/h4-7,10H,3H2,1-2H3. The zero-order chi connectivity index (χ0) is 12.1. The molecule has 2 unspecified atom stereocenters. The van der Waals surface area contributed by atoms with Crippen LogP contribution in [0.4, 0.5) is 4.39 Å². The van der Waals surface area contributed by atoms with Gasteiger partial charge in [0.1, 0.15) is 0 Å². The predicted octanol–water partition coefficient (Wildman–Crippen LogP) is 1.96. The van der Waals surface area contributed by atoms with Gasteiger partial charge in [0.2, 0.25) is 0 Å². The summed E-state index contributed by atoms with van der Waals surface area (Å²) in [6.45, 7) is 3.51. The topological polar surface area (TPSA) is 43.4 Å². The molecule has 0 heterocycles. The molecule has 1 rings (SSSR count). The predicted molar refractivity (Wildman–Crippen MR) is 59.1 cm³/mol. The summed E-state index contributed by atoms with van der Waals surface area (Å²) < 4.78 is 29.5. The molecule has 5 heteroatoms. The Morgan fingerprint density at radius 1 is 1.44 bits per heavy atom. The van der Waals surface area contributed by atoms with E-state index >= 15 is 0 Å². The van der Waals surface area contributed by atoms with Gasteiger partial charge in [0.25, 0.3) is 5.50 Å². The Labute approximate surface area is 96.1 Å². The van der Waals surface area contributed by atoms with E-state index in [9.17, 15) is 13.4 Å². The molecule has 0 N–H and O–H groups in total. The van der Waals surface area contributed by atoms with Crippen molar-refractivity contribution in [3.63, 3.8) is 0 Å². The third-order valence-electron chi connectivity index (χ3n) is 1.91.